The van der Waals surface area contributed by atoms with Crippen LogP contribution >= 0.6 is 0 Å². The first-order valence-corrected chi connectivity index (χ1v) is 5.02. The lowest BCUT2D eigenvalue weighted by atomic mass is 10.1. The number of para-hydroxylation sites is 1. The third-order valence-corrected chi connectivity index (χ3v) is 2.36. The molecule has 0 atom stereocenters. The SMILES string of the molecule is COc1cccc(-c2cc(=O)[nH]cn2)c1OC. The predicted molar refractivity (Wildman–Crippen MR) is 63.4 cm³/mol. The third-order valence-electron chi connectivity index (χ3n) is 2.36. The van der Waals surface area contributed by atoms with E-state index in [0.29, 0.717) is 17.2 Å². The first-order chi connectivity index (χ1) is 8.26. The van der Waals surface area contributed by atoms with Crippen molar-refractivity contribution in [2.45, 2.75) is 0 Å². The fraction of sp³-hybridized carbons (Fsp3) is 0.167. The Morgan fingerprint density at radius 1 is 1.24 bits per heavy atom. The molecular weight excluding hydrogens is 220 g/mol. The van der Waals surface area contributed by atoms with E-state index in [1.807, 2.05) is 12.1 Å². The Balaban J connectivity index is 2.63. The number of hydrogen-bond acceptors (Lipinski definition) is 4. The minimum Gasteiger partial charge on any atom is -0.493 e. The molecule has 0 aliphatic heterocycles. The van der Waals surface area contributed by atoms with E-state index >= 15 is 0 Å². The van der Waals surface area contributed by atoms with Crippen LogP contribution in [-0.2, 0) is 0 Å². The number of methoxy groups -OCH3 is 2. The zero-order chi connectivity index (χ0) is 12.3. The lowest BCUT2D eigenvalue weighted by molar-refractivity contribution is 0.356. The average Bonchev–Trinajstić information content (AvgIpc) is 2.37. The van der Waals surface area contributed by atoms with E-state index in [2.05, 4.69) is 9.97 Å². The first kappa shape index (κ1) is 11.2. The Morgan fingerprint density at radius 3 is 2.71 bits per heavy atom. The molecule has 17 heavy (non-hydrogen) atoms. The summed E-state index contributed by atoms with van der Waals surface area (Å²) < 4.78 is 10.5. The average molecular weight is 232 g/mol. The number of hydrogen-bond donors (Lipinski definition) is 1. The zero-order valence-corrected chi connectivity index (χ0v) is 9.56. The van der Waals surface area contributed by atoms with Gasteiger partial charge in [0.1, 0.15) is 0 Å². The number of rotatable bonds is 3. The highest BCUT2D eigenvalue weighted by Gasteiger charge is 2.12. The number of ether oxygens (including phenoxy) is 2. The van der Waals surface area contributed by atoms with Crippen LogP contribution in [0.1, 0.15) is 0 Å². The molecule has 0 amide bonds. The van der Waals surface area contributed by atoms with Crippen molar-refractivity contribution < 1.29 is 9.47 Å². The van der Waals surface area contributed by atoms with Crippen molar-refractivity contribution in [3.05, 3.63) is 40.9 Å². The van der Waals surface area contributed by atoms with Gasteiger partial charge in [-0.3, -0.25) is 4.79 Å². The topological polar surface area (TPSA) is 64.2 Å². The van der Waals surface area contributed by atoms with Crippen molar-refractivity contribution in [3.8, 4) is 22.8 Å². The van der Waals surface area contributed by atoms with Gasteiger partial charge >= 0.3 is 0 Å². The van der Waals surface area contributed by atoms with Gasteiger partial charge in [0.2, 0.25) is 0 Å². The molecule has 0 aliphatic carbocycles. The molecule has 2 aromatic rings. The van der Waals surface area contributed by atoms with E-state index in [4.69, 9.17) is 9.47 Å². The van der Waals surface area contributed by atoms with Gasteiger partial charge in [-0.25, -0.2) is 4.98 Å². The second-order valence-electron chi connectivity index (χ2n) is 3.34. The van der Waals surface area contributed by atoms with Gasteiger partial charge in [-0.05, 0) is 12.1 Å². The molecular formula is C12H12N2O3. The molecule has 0 saturated carbocycles. The van der Waals surface area contributed by atoms with Crippen molar-refractivity contribution >= 4 is 0 Å². The first-order valence-electron chi connectivity index (χ1n) is 5.02. The molecule has 0 saturated heterocycles. The Kier molecular flexibility index (Phi) is 3.09. The molecule has 5 heteroatoms. The molecule has 0 unspecified atom stereocenters. The van der Waals surface area contributed by atoms with Gasteiger partial charge in [0, 0.05) is 11.6 Å². The third kappa shape index (κ3) is 2.13. The minimum atomic E-state index is -0.208. The number of H-pyrrole nitrogens is 1. The lowest BCUT2D eigenvalue weighted by Gasteiger charge is -2.11. The van der Waals surface area contributed by atoms with E-state index in [0.717, 1.165) is 5.56 Å². The Morgan fingerprint density at radius 2 is 2.06 bits per heavy atom. The van der Waals surface area contributed by atoms with Gasteiger partial charge in [-0.1, -0.05) is 6.07 Å². The smallest absolute Gasteiger partial charge is 0.251 e. The van der Waals surface area contributed by atoms with Crippen LogP contribution in [0.4, 0.5) is 0 Å². The molecule has 2 rings (SSSR count). The molecule has 1 N–H and O–H groups in total. The minimum absolute atomic E-state index is 0.208. The second kappa shape index (κ2) is 4.69. The lowest BCUT2D eigenvalue weighted by Crippen LogP contribution is -2.05. The number of nitrogens with one attached hydrogen (secondary N) is 1. The van der Waals surface area contributed by atoms with Crippen LogP contribution in [0.15, 0.2) is 35.4 Å². The van der Waals surface area contributed by atoms with Gasteiger partial charge in [0.15, 0.2) is 11.5 Å². The van der Waals surface area contributed by atoms with Gasteiger partial charge in [0.25, 0.3) is 5.56 Å². The van der Waals surface area contributed by atoms with Gasteiger partial charge in [-0.15, -0.1) is 0 Å². The predicted octanol–water partition coefficient (Wildman–Crippen LogP) is 1.45. The summed E-state index contributed by atoms with van der Waals surface area (Å²) in [7, 11) is 3.11. The van der Waals surface area contributed by atoms with Crippen LogP contribution < -0.4 is 15.0 Å². The monoisotopic (exact) mass is 232 g/mol. The molecule has 1 aromatic carbocycles. The van der Waals surface area contributed by atoms with Crippen LogP contribution in [-0.4, -0.2) is 24.2 Å². The Bertz CT molecular complexity index is 578. The number of benzene rings is 1. The summed E-state index contributed by atoms with van der Waals surface area (Å²) in [5.41, 5.74) is 1.06. The highest BCUT2D eigenvalue weighted by molar-refractivity contribution is 5.70. The van der Waals surface area contributed by atoms with E-state index in [-0.39, 0.29) is 5.56 Å². The summed E-state index contributed by atoms with van der Waals surface area (Å²) >= 11 is 0. The highest BCUT2D eigenvalue weighted by Crippen LogP contribution is 2.36. The summed E-state index contributed by atoms with van der Waals surface area (Å²) in [5.74, 6) is 1.17. The van der Waals surface area contributed by atoms with E-state index < -0.39 is 0 Å². The van der Waals surface area contributed by atoms with Crippen LogP contribution in [0, 0.1) is 0 Å². The van der Waals surface area contributed by atoms with Crippen LogP contribution in [0.2, 0.25) is 0 Å². The van der Waals surface area contributed by atoms with Gasteiger partial charge < -0.3 is 14.5 Å². The van der Waals surface area contributed by atoms with Gasteiger partial charge in [0.05, 0.1) is 26.2 Å². The number of nitrogens with zero attached hydrogens (tertiary/aromatic N) is 1. The highest BCUT2D eigenvalue weighted by atomic mass is 16.5. The van der Waals surface area contributed by atoms with Crippen molar-refractivity contribution in [1.82, 2.24) is 9.97 Å². The quantitative estimate of drug-likeness (QED) is 0.870. The largest absolute Gasteiger partial charge is 0.493 e. The number of aromatic amines is 1. The number of aromatic nitrogens is 2. The maximum absolute atomic E-state index is 11.3. The van der Waals surface area contributed by atoms with E-state index in [1.165, 1.54) is 12.4 Å². The molecule has 0 fully saturated rings. The van der Waals surface area contributed by atoms with Crippen LogP contribution in [0.3, 0.4) is 0 Å². The van der Waals surface area contributed by atoms with Crippen LogP contribution in [0.25, 0.3) is 11.3 Å². The molecule has 5 nitrogen and oxygen atoms in total. The Hall–Kier alpha value is -2.30. The molecule has 0 spiro atoms. The summed E-state index contributed by atoms with van der Waals surface area (Å²) in [6.07, 6.45) is 1.36. The molecule has 0 bridgehead atoms. The summed E-state index contributed by atoms with van der Waals surface area (Å²) in [5, 5.41) is 0. The molecule has 1 aromatic heterocycles. The fourth-order valence-electron chi connectivity index (χ4n) is 1.60. The molecule has 0 aliphatic rings. The molecule has 88 valence electrons. The van der Waals surface area contributed by atoms with Crippen molar-refractivity contribution in [2.24, 2.45) is 0 Å². The summed E-state index contributed by atoms with van der Waals surface area (Å²) in [6.45, 7) is 0. The standard InChI is InChI=1S/C12H12N2O3/c1-16-10-5-3-4-8(12(10)17-2)9-6-11(15)14-7-13-9/h3-7H,1-2H3,(H,13,14,15). The fourth-order valence-corrected chi connectivity index (χ4v) is 1.60. The maximum Gasteiger partial charge on any atom is 0.251 e. The van der Waals surface area contributed by atoms with E-state index in [1.54, 1.807) is 20.3 Å². The van der Waals surface area contributed by atoms with Crippen molar-refractivity contribution in [1.29, 1.82) is 0 Å². The molecule has 0 radical (unpaired) electrons. The summed E-state index contributed by atoms with van der Waals surface area (Å²) in [6, 6.07) is 6.84. The van der Waals surface area contributed by atoms with Crippen molar-refractivity contribution in [2.75, 3.05) is 14.2 Å². The normalized spacial score (nSPS) is 10.0. The van der Waals surface area contributed by atoms with E-state index in [9.17, 15) is 4.79 Å². The van der Waals surface area contributed by atoms with Crippen LogP contribution in [0.5, 0.6) is 11.5 Å². The maximum atomic E-state index is 11.3. The van der Waals surface area contributed by atoms with Crippen molar-refractivity contribution in [3.63, 3.8) is 0 Å². The second-order valence-corrected chi connectivity index (χ2v) is 3.34. The Labute approximate surface area is 98.0 Å². The molecule has 1 heterocycles. The summed E-state index contributed by atoms with van der Waals surface area (Å²) in [4.78, 5) is 17.8. The zero-order valence-electron chi connectivity index (χ0n) is 9.56. The van der Waals surface area contributed by atoms with Gasteiger partial charge in [-0.2, -0.15) is 0 Å².